The predicted molar refractivity (Wildman–Crippen MR) is 63.9 cm³/mol. The lowest BCUT2D eigenvalue weighted by Crippen LogP contribution is -2.41. The van der Waals surface area contributed by atoms with Crippen LogP contribution in [-0.2, 0) is 16.4 Å². The van der Waals surface area contributed by atoms with Crippen LogP contribution in [0.3, 0.4) is 0 Å². The van der Waals surface area contributed by atoms with Crippen LogP contribution in [0.5, 0.6) is 0 Å². The Morgan fingerprint density at radius 1 is 1.50 bits per heavy atom. The van der Waals surface area contributed by atoms with Crippen LogP contribution in [-0.4, -0.2) is 35.0 Å². The number of hydrogen-bond acceptors (Lipinski definition) is 4. The molecule has 5 nitrogen and oxygen atoms in total. The summed E-state index contributed by atoms with van der Waals surface area (Å²) in [5.41, 5.74) is 5.02. The zero-order chi connectivity index (χ0) is 12.4. The second-order valence-corrected chi connectivity index (χ2v) is 6.93. The van der Waals surface area contributed by atoms with Gasteiger partial charge in [0.25, 0.3) is 0 Å². The van der Waals surface area contributed by atoms with Crippen molar-refractivity contribution in [2.45, 2.75) is 32.9 Å². The first kappa shape index (κ1) is 13.2. The van der Waals surface area contributed by atoms with Gasteiger partial charge in [0.15, 0.2) is 9.84 Å². The van der Waals surface area contributed by atoms with E-state index < -0.39 is 15.4 Å². The van der Waals surface area contributed by atoms with Gasteiger partial charge in [-0.1, -0.05) is 0 Å². The SMILES string of the molecule is Cc1nccn1CCS(=O)(=O)CC(C)(C)N. The van der Waals surface area contributed by atoms with Crippen LogP contribution in [0.25, 0.3) is 0 Å². The van der Waals surface area contributed by atoms with Gasteiger partial charge in [-0.15, -0.1) is 0 Å². The van der Waals surface area contributed by atoms with E-state index in [0.29, 0.717) is 6.54 Å². The van der Waals surface area contributed by atoms with Crippen molar-refractivity contribution >= 4 is 9.84 Å². The molecule has 1 aromatic heterocycles. The molecular formula is C10H19N3O2S. The fourth-order valence-corrected chi connectivity index (χ4v) is 3.27. The smallest absolute Gasteiger partial charge is 0.153 e. The Morgan fingerprint density at radius 2 is 2.12 bits per heavy atom. The first-order valence-electron chi connectivity index (χ1n) is 5.17. The normalized spacial score (nSPS) is 13.0. The summed E-state index contributed by atoms with van der Waals surface area (Å²) in [6.45, 7) is 5.71. The molecule has 0 saturated heterocycles. The number of aromatic nitrogens is 2. The van der Waals surface area contributed by atoms with Crippen LogP contribution in [0.15, 0.2) is 12.4 Å². The number of aryl methyl sites for hydroxylation is 2. The maximum absolute atomic E-state index is 11.7. The Balaban J connectivity index is 2.59. The summed E-state index contributed by atoms with van der Waals surface area (Å²) in [6.07, 6.45) is 3.44. The summed E-state index contributed by atoms with van der Waals surface area (Å²) in [5, 5.41) is 0. The molecule has 1 aromatic rings. The van der Waals surface area contributed by atoms with E-state index in [1.807, 2.05) is 11.5 Å². The van der Waals surface area contributed by atoms with Gasteiger partial charge in [-0.25, -0.2) is 13.4 Å². The van der Waals surface area contributed by atoms with Gasteiger partial charge in [-0.3, -0.25) is 0 Å². The fourth-order valence-electron chi connectivity index (χ4n) is 1.52. The Kier molecular flexibility index (Phi) is 3.75. The summed E-state index contributed by atoms with van der Waals surface area (Å²) in [6, 6.07) is 0. The van der Waals surface area contributed by atoms with Crippen molar-refractivity contribution in [3.8, 4) is 0 Å². The first-order chi connectivity index (χ1) is 7.20. The minimum absolute atomic E-state index is 0.00768. The molecule has 6 heteroatoms. The van der Waals surface area contributed by atoms with Crippen molar-refractivity contribution < 1.29 is 8.42 Å². The van der Waals surface area contributed by atoms with Crippen LogP contribution in [0, 0.1) is 6.92 Å². The second kappa shape index (κ2) is 4.55. The summed E-state index contributed by atoms with van der Waals surface area (Å²) in [5.74, 6) is 0.931. The second-order valence-electron chi connectivity index (χ2n) is 4.75. The fraction of sp³-hybridized carbons (Fsp3) is 0.700. The number of hydrogen-bond donors (Lipinski definition) is 1. The van der Waals surface area contributed by atoms with Gasteiger partial charge >= 0.3 is 0 Å². The highest BCUT2D eigenvalue weighted by Crippen LogP contribution is 2.05. The van der Waals surface area contributed by atoms with E-state index >= 15 is 0 Å². The first-order valence-corrected chi connectivity index (χ1v) is 6.99. The molecule has 0 unspecified atom stereocenters. The molecule has 0 aliphatic carbocycles. The highest BCUT2D eigenvalue weighted by molar-refractivity contribution is 7.91. The Bertz CT molecular complexity index is 443. The molecule has 16 heavy (non-hydrogen) atoms. The number of sulfone groups is 1. The zero-order valence-corrected chi connectivity index (χ0v) is 10.8. The predicted octanol–water partition coefficient (Wildman–Crippen LogP) is 0.344. The third kappa shape index (κ3) is 4.32. The molecule has 0 spiro atoms. The Hall–Kier alpha value is -0.880. The van der Waals surface area contributed by atoms with E-state index in [9.17, 15) is 8.42 Å². The lowest BCUT2D eigenvalue weighted by atomic mass is 10.1. The van der Waals surface area contributed by atoms with Crippen LogP contribution in [0.4, 0.5) is 0 Å². The molecule has 92 valence electrons. The lowest BCUT2D eigenvalue weighted by molar-refractivity contribution is 0.540. The van der Waals surface area contributed by atoms with Crippen molar-refractivity contribution in [1.29, 1.82) is 0 Å². The maximum Gasteiger partial charge on any atom is 0.153 e. The van der Waals surface area contributed by atoms with E-state index in [2.05, 4.69) is 4.98 Å². The molecule has 0 amide bonds. The highest BCUT2D eigenvalue weighted by atomic mass is 32.2. The average Bonchev–Trinajstić information content (AvgIpc) is 2.43. The zero-order valence-electron chi connectivity index (χ0n) is 9.97. The molecule has 0 saturated carbocycles. The third-order valence-electron chi connectivity index (χ3n) is 2.16. The molecule has 0 aliphatic rings. The number of nitrogens with zero attached hydrogens (tertiary/aromatic N) is 2. The Morgan fingerprint density at radius 3 is 2.56 bits per heavy atom. The van der Waals surface area contributed by atoms with Crippen LogP contribution < -0.4 is 5.73 Å². The van der Waals surface area contributed by atoms with E-state index in [4.69, 9.17) is 5.73 Å². The molecule has 0 atom stereocenters. The Labute approximate surface area is 96.6 Å². The molecule has 0 bridgehead atoms. The van der Waals surface area contributed by atoms with E-state index in [1.54, 1.807) is 26.2 Å². The van der Waals surface area contributed by atoms with E-state index in [-0.39, 0.29) is 11.5 Å². The van der Waals surface area contributed by atoms with Gasteiger partial charge in [0, 0.05) is 24.5 Å². The van der Waals surface area contributed by atoms with Crippen molar-refractivity contribution in [1.82, 2.24) is 9.55 Å². The molecule has 0 radical (unpaired) electrons. The monoisotopic (exact) mass is 245 g/mol. The van der Waals surface area contributed by atoms with Gasteiger partial charge in [0.1, 0.15) is 5.82 Å². The standard InChI is InChI=1S/C10H19N3O2S/c1-9-12-4-5-13(9)6-7-16(14,15)8-10(2,3)11/h4-5H,6-8,11H2,1-3H3. The summed E-state index contributed by atoms with van der Waals surface area (Å²) in [4.78, 5) is 4.04. The summed E-state index contributed by atoms with van der Waals surface area (Å²) < 4.78 is 25.3. The third-order valence-corrected chi connectivity index (χ3v) is 4.15. The van der Waals surface area contributed by atoms with Crippen molar-refractivity contribution in [3.63, 3.8) is 0 Å². The highest BCUT2D eigenvalue weighted by Gasteiger charge is 2.21. The quantitative estimate of drug-likeness (QED) is 0.811. The van der Waals surface area contributed by atoms with Gasteiger partial charge in [0.05, 0.1) is 11.5 Å². The molecule has 1 heterocycles. The van der Waals surface area contributed by atoms with Gasteiger partial charge in [0.2, 0.25) is 0 Å². The van der Waals surface area contributed by atoms with Crippen molar-refractivity contribution in [2.75, 3.05) is 11.5 Å². The summed E-state index contributed by atoms with van der Waals surface area (Å²) >= 11 is 0. The molecule has 1 rings (SSSR count). The van der Waals surface area contributed by atoms with Gasteiger partial charge < -0.3 is 10.3 Å². The number of rotatable bonds is 5. The van der Waals surface area contributed by atoms with E-state index in [1.165, 1.54) is 0 Å². The van der Waals surface area contributed by atoms with Gasteiger partial charge in [-0.2, -0.15) is 0 Å². The lowest BCUT2D eigenvalue weighted by Gasteiger charge is -2.18. The van der Waals surface area contributed by atoms with Crippen LogP contribution in [0.2, 0.25) is 0 Å². The minimum Gasteiger partial charge on any atom is -0.334 e. The van der Waals surface area contributed by atoms with Gasteiger partial charge in [-0.05, 0) is 20.8 Å². The molecule has 2 N–H and O–H groups in total. The van der Waals surface area contributed by atoms with Crippen LogP contribution in [0.1, 0.15) is 19.7 Å². The topological polar surface area (TPSA) is 78.0 Å². The number of nitrogens with two attached hydrogens (primary N) is 1. The van der Waals surface area contributed by atoms with Crippen molar-refractivity contribution in [2.24, 2.45) is 5.73 Å². The molecular weight excluding hydrogens is 226 g/mol. The largest absolute Gasteiger partial charge is 0.334 e. The molecule has 0 aromatic carbocycles. The molecule has 0 aliphatic heterocycles. The summed E-state index contributed by atoms with van der Waals surface area (Å²) in [7, 11) is -3.11. The number of imidazole rings is 1. The van der Waals surface area contributed by atoms with E-state index in [0.717, 1.165) is 5.82 Å². The van der Waals surface area contributed by atoms with Crippen molar-refractivity contribution in [3.05, 3.63) is 18.2 Å². The maximum atomic E-state index is 11.7. The molecule has 0 fully saturated rings. The minimum atomic E-state index is -3.11. The van der Waals surface area contributed by atoms with Crippen LogP contribution >= 0.6 is 0 Å². The average molecular weight is 245 g/mol.